The molecule has 0 unspecified atom stereocenters. The Balaban J connectivity index is 0.933. The molecule has 0 atom stereocenters. The van der Waals surface area contributed by atoms with Crippen LogP contribution in [-0.2, 0) is 0 Å². The van der Waals surface area contributed by atoms with Crippen molar-refractivity contribution in [3.63, 3.8) is 0 Å². The molecule has 8 heteroatoms. The Kier molecular flexibility index (Phi) is 10.4. The van der Waals surface area contributed by atoms with Gasteiger partial charge in [0.05, 0.1) is 55.5 Å². The van der Waals surface area contributed by atoms with Gasteiger partial charge in [0.2, 0.25) is 0 Å². The monoisotopic (exact) mass is 1240 g/mol. The minimum Gasteiger partial charge on any atom is -0.310 e. The molecular weight excluding hydrogens is 1190 g/mol. The lowest BCUT2D eigenvalue weighted by atomic mass is 9.31. The fourth-order valence-corrected chi connectivity index (χ4v) is 18.7. The molecule has 6 nitrogen and oxygen atoms in total. The van der Waals surface area contributed by atoms with Crippen molar-refractivity contribution in [3.05, 3.63) is 328 Å². The van der Waals surface area contributed by atoms with Gasteiger partial charge in [-0.15, -0.1) is 0 Å². The normalized spacial score (nSPS) is 12.9. The van der Waals surface area contributed by atoms with Gasteiger partial charge in [-0.05, 0) is 123 Å². The summed E-state index contributed by atoms with van der Waals surface area (Å²) in [5, 5.41) is 9.85. The molecule has 98 heavy (non-hydrogen) atoms. The highest BCUT2D eigenvalue weighted by Gasteiger charge is 2.48. The highest BCUT2D eigenvalue weighted by Crippen LogP contribution is 2.56. The van der Waals surface area contributed by atoms with Crippen molar-refractivity contribution in [1.29, 1.82) is 0 Å². The number of rotatable bonds is 8. The van der Waals surface area contributed by atoms with E-state index in [4.69, 9.17) is 0 Å². The predicted molar refractivity (Wildman–Crippen MR) is 413 cm³/mol. The van der Waals surface area contributed by atoms with E-state index in [1.165, 1.54) is 176 Å². The maximum Gasteiger partial charge on any atom is 0.252 e. The maximum atomic E-state index is 2.71. The van der Waals surface area contributed by atoms with Crippen molar-refractivity contribution in [1.82, 2.24) is 18.3 Å². The second-order valence-corrected chi connectivity index (χ2v) is 26.9. The van der Waals surface area contributed by atoms with Crippen molar-refractivity contribution in [2.24, 2.45) is 0 Å². The fourth-order valence-electron chi connectivity index (χ4n) is 18.7. The second kappa shape index (κ2) is 19.4. The molecule has 19 aromatic rings. The van der Waals surface area contributed by atoms with Crippen LogP contribution in [0.3, 0.4) is 0 Å². The van der Waals surface area contributed by atoms with Crippen LogP contribution in [0.25, 0.3) is 132 Å². The Bertz CT molecular complexity index is 6190. The largest absolute Gasteiger partial charge is 0.310 e. The van der Waals surface area contributed by atoms with Crippen LogP contribution in [0.15, 0.2) is 328 Å². The number of benzene rings is 15. The number of aromatic nitrogens is 4. The van der Waals surface area contributed by atoms with Gasteiger partial charge in [0.15, 0.2) is 0 Å². The van der Waals surface area contributed by atoms with Crippen LogP contribution < -0.4 is 42.6 Å². The van der Waals surface area contributed by atoms with Crippen molar-refractivity contribution in [2.75, 3.05) is 9.80 Å². The number of hydrogen-bond donors (Lipinski definition) is 0. The van der Waals surface area contributed by atoms with Crippen LogP contribution >= 0.6 is 0 Å². The second-order valence-electron chi connectivity index (χ2n) is 26.9. The Hall–Kier alpha value is -12.8. The zero-order valence-electron chi connectivity index (χ0n) is 53.0. The highest BCUT2D eigenvalue weighted by molar-refractivity contribution is 7.03. The van der Waals surface area contributed by atoms with Gasteiger partial charge in [0.1, 0.15) is 0 Å². The summed E-state index contributed by atoms with van der Waals surface area (Å²) in [7, 11) is 0. The van der Waals surface area contributed by atoms with Crippen LogP contribution in [0, 0.1) is 0 Å². The molecule has 4 aliphatic heterocycles. The van der Waals surface area contributed by atoms with Crippen LogP contribution in [0.2, 0.25) is 0 Å². The average Bonchev–Trinajstić information content (AvgIpc) is 1.46. The van der Waals surface area contributed by atoms with E-state index < -0.39 is 0 Å². The lowest BCUT2D eigenvalue weighted by molar-refractivity contribution is 1.14. The molecule has 0 amide bonds. The molecule has 0 radical (unpaired) electrons. The summed E-state index contributed by atoms with van der Waals surface area (Å²) < 4.78 is 10.8. The Labute approximate surface area is 564 Å². The molecule has 0 N–H and O–H groups in total. The lowest BCUT2D eigenvalue weighted by Gasteiger charge is -2.38. The van der Waals surface area contributed by atoms with E-state index in [1.54, 1.807) is 0 Å². The third-order valence-corrected chi connectivity index (χ3v) is 22.2. The van der Waals surface area contributed by atoms with Gasteiger partial charge in [0.25, 0.3) is 13.4 Å². The molecule has 0 aliphatic carbocycles. The topological polar surface area (TPSA) is 26.2 Å². The first-order valence-corrected chi connectivity index (χ1v) is 34.2. The zero-order valence-corrected chi connectivity index (χ0v) is 53.0. The fraction of sp³-hybridized carbons (Fsp3) is 0. The molecule has 0 bridgehead atoms. The summed E-state index contributed by atoms with van der Waals surface area (Å²) in [6.07, 6.45) is 0. The number of nitrogens with zero attached hydrogens (tertiary/aromatic N) is 6. The zero-order chi connectivity index (χ0) is 63.6. The van der Waals surface area contributed by atoms with Gasteiger partial charge in [-0.1, -0.05) is 249 Å². The molecule has 450 valence electrons. The lowest BCUT2D eigenvalue weighted by Crippen LogP contribution is -2.63. The predicted octanol–water partition coefficient (Wildman–Crippen LogP) is 18.6. The molecular formula is C90H54B2N6. The minimum absolute atomic E-state index is 0.157. The van der Waals surface area contributed by atoms with Crippen LogP contribution in [-0.4, -0.2) is 31.7 Å². The van der Waals surface area contributed by atoms with Gasteiger partial charge in [-0.2, -0.15) is 0 Å². The summed E-state index contributed by atoms with van der Waals surface area (Å²) in [6.45, 7) is -0.314. The van der Waals surface area contributed by atoms with Gasteiger partial charge in [-0.3, -0.25) is 0 Å². The summed E-state index contributed by atoms with van der Waals surface area (Å²) in [4.78, 5) is 5.13. The molecule has 23 rings (SSSR count). The van der Waals surface area contributed by atoms with Gasteiger partial charge >= 0.3 is 0 Å². The first-order chi connectivity index (χ1) is 48.8. The van der Waals surface area contributed by atoms with E-state index in [0.29, 0.717) is 0 Å². The average molecular weight is 1240 g/mol. The Morgan fingerprint density at radius 1 is 0.224 bits per heavy atom. The van der Waals surface area contributed by atoms with E-state index in [9.17, 15) is 0 Å². The van der Waals surface area contributed by atoms with Crippen molar-refractivity contribution < 1.29 is 0 Å². The SMILES string of the molecule is c1ccc(-c2cccc3c4c(N(c5ccccc5)c5ccccc5)c5c6ccccc6n6c5c5c4n(c23)-c2ccccc2B5c2cc3c(cc2-6)-n2c4ccccc4c4c(N(c5ccccc5)c5ccccc5)c5c6cccc(-c7ccccc7)c6n6c5c(c42)B3c2ccccc2-6)cc1. The minimum atomic E-state index is -0.157. The summed E-state index contributed by atoms with van der Waals surface area (Å²) in [5.74, 6) is 0. The molecule has 0 fully saturated rings. The maximum absolute atomic E-state index is 2.71. The number of para-hydroxylation sites is 10. The summed E-state index contributed by atoms with van der Waals surface area (Å²) >= 11 is 0. The van der Waals surface area contributed by atoms with Gasteiger partial charge < -0.3 is 28.1 Å². The number of fused-ring (bicyclic) bond motifs is 24. The van der Waals surface area contributed by atoms with Crippen LogP contribution in [0.1, 0.15) is 0 Å². The summed E-state index contributed by atoms with van der Waals surface area (Å²) in [5.41, 5.74) is 34.0. The first kappa shape index (κ1) is 52.6. The molecule has 0 saturated heterocycles. The van der Waals surface area contributed by atoms with Gasteiger partial charge in [-0.25, -0.2) is 0 Å². The molecule has 0 spiro atoms. The third-order valence-electron chi connectivity index (χ3n) is 22.2. The highest BCUT2D eigenvalue weighted by atomic mass is 15.2. The van der Waals surface area contributed by atoms with E-state index >= 15 is 0 Å². The van der Waals surface area contributed by atoms with E-state index in [0.717, 1.165) is 22.7 Å². The standard InChI is InChI=1S/C90H54B2N6/c1-7-29-55(30-8-1)61-43-27-45-65-79-85(93(57-33-11-3-12-34-57)58-35-13-4-14-36-58)77-63-41-19-23-49-71(63)95-75-54-76-70(53-69(75)91-67-47-21-25-51-73(67)97(83(61)65)89(79)81(91)87(77)95)92-68-48-22-26-52-74(68)98-84-62(56-31-9-2-10-32-56)44-28-46-66(84)80-86(94(59-37-15-5-16-38-59)60-39-17-6-18-40-60)78-64-42-20-24-50-72(64)96(76)88(78)82(92)90(80)98/h1-54H. The van der Waals surface area contributed by atoms with E-state index in [1.807, 2.05) is 0 Å². The smallest absolute Gasteiger partial charge is 0.252 e. The number of anilines is 6. The molecule has 4 aromatic heterocycles. The van der Waals surface area contributed by atoms with E-state index in [2.05, 4.69) is 356 Å². The van der Waals surface area contributed by atoms with Crippen molar-refractivity contribution in [3.8, 4) is 45.0 Å². The molecule has 8 heterocycles. The number of hydrogen-bond acceptors (Lipinski definition) is 2. The first-order valence-electron chi connectivity index (χ1n) is 34.2. The van der Waals surface area contributed by atoms with Crippen LogP contribution in [0.5, 0.6) is 0 Å². The summed E-state index contributed by atoms with van der Waals surface area (Å²) in [6, 6.07) is 123. The van der Waals surface area contributed by atoms with Crippen LogP contribution in [0.4, 0.5) is 34.1 Å². The quantitative estimate of drug-likeness (QED) is 0.142. The third kappa shape index (κ3) is 6.64. The Morgan fingerprint density at radius 2 is 0.541 bits per heavy atom. The molecule has 0 saturated carbocycles. The molecule has 4 aliphatic rings. The molecule has 15 aromatic carbocycles. The van der Waals surface area contributed by atoms with Crippen molar-refractivity contribution >= 4 is 168 Å². The van der Waals surface area contributed by atoms with E-state index in [-0.39, 0.29) is 13.4 Å². The van der Waals surface area contributed by atoms with Gasteiger partial charge in [0, 0.05) is 99.7 Å². The van der Waals surface area contributed by atoms with Crippen molar-refractivity contribution in [2.45, 2.75) is 0 Å². The Morgan fingerprint density at radius 3 is 0.939 bits per heavy atom.